The number of amides is 1. The molecule has 0 N–H and O–H groups in total. The van der Waals surface area contributed by atoms with Crippen molar-refractivity contribution in [3.8, 4) is 0 Å². The van der Waals surface area contributed by atoms with Crippen molar-refractivity contribution >= 4 is 11.7 Å². The number of ketones is 1. The molecule has 2 atom stereocenters. The van der Waals surface area contributed by atoms with Crippen molar-refractivity contribution in [1.82, 2.24) is 4.90 Å². The fourth-order valence-electron chi connectivity index (χ4n) is 2.78. The number of carbonyl (C=O) groups excluding carboxylic acids is 2. The number of benzene rings is 1. The van der Waals surface area contributed by atoms with Crippen LogP contribution in [0.2, 0.25) is 0 Å². The highest BCUT2D eigenvalue weighted by Gasteiger charge is 2.46. The van der Waals surface area contributed by atoms with Gasteiger partial charge in [-0.15, -0.1) is 0 Å². The summed E-state index contributed by atoms with van der Waals surface area (Å²) < 4.78 is 18.1. The number of Topliss-reactive ketones (excluding diaryl/α,β-unsaturated/α-hetero) is 1. The van der Waals surface area contributed by atoms with Gasteiger partial charge in [0, 0.05) is 6.54 Å². The molecule has 20 heavy (non-hydrogen) atoms. The maximum atomic E-state index is 12.8. The molecule has 4 nitrogen and oxygen atoms in total. The average Bonchev–Trinajstić information content (AvgIpc) is 3.01. The van der Waals surface area contributed by atoms with Crippen LogP contribution in [0.1, 0.15) is 12.0 Å². The van der Waals surface area contributed by atoms with Crippen molar-refractivity contribution in [2.45, 2.75) is 25.0 Å². The standard InChI is InChI=1S/C15H15FNO3/c16-11-4-1-10(2-5-11)3-6-14(19)17-8-7-13-15(17)12(18)9-20-13/h1-2,4-6,13,15H,3,7-9H2. The van der Waals surface area contributed by atoms with Gasteiger partial charge in [0.25, 0.3) is 0 Å². The van der Waals surface area contributed by atoms with Crippen LogP contribution in [0, 0.1) is 12.2 Å². The van der Waals surface area contributed by atoms with Crippen LogP contribution >= 0.6 is 0 Å². The SMILES string of the molecule is O=C1COC2CCN(C(=O)[CH]Cc3ccc(F)cc3)C12. The van der Waals surface area contributed by atoms with Crippen molar-refractivity contribution in [2.24, 2.45) is 0 Å². The van der Waals surface area contributed by atoms with E-state index in [0.717, 1.165) is 5.56 Å². The van der Waals surface area contributed by atoms with Gasteiger partial charge in [-0.25, -0.2) is 4.39 Å². The highest BCUT2D eigenvalue weighted by atomic mass is 19.1. The first-order valence-corrected chi connectivity index (χ1v) is 6.68. The minimum atomic E-state index is -0.410. The Kier molecular flexibility index (Phi) is 3.53. The maximum Gasteiger partial charge on any atom is 0.227 e. The minimum Gasteiger partial charge on any atom is -0.368 e. The van der Waals surface area contributed by atoms with Crippen molar-refractivity contribution in [2.75, 3.05) is 13.2 Å². The van der Waals surface area contributed by atoms with Gasteiger partial charge in [-0.1, -0.05) is 12.1 Å². The Morgan fingerprint density at radius 3 is 2.90 bits per heavy atom. The third kappa shape index (κ3) is 2.45. The molecule has 0 aromatic heterocycles. The molecule has 5 heteroatoms. The van der Waals surface area contributed by atoms with Crippen molar-refractivity contribution in [1.29, 1.82) is 0 Å². The molecule has 2 heterocycles. The molecule has 2 aliphatic rings. The van der Waals surface area contributed by atoms with E-state index >= 15 is 0 Å². The Morgan fingerprint density at radius 1 is 1.40 bits per heavy atom. The van der Waals surface area contributed by atoms with Gasteiger partial charge >= 0.3 is 0 Å². The normalized spacial score (nSPS) is 25.1. The number of ether oxygens (including phenoxy) is 1. The van der Waals surface area contributed by atoms with E-state index in [1.54, 1.807) is 23.5 Å². The molecule has 0 spiro atoms. The van der Waals surface area contributed by atoms with Gasteiger partial charge < -0.3 is 9.64 Å². The summed E-state index contributed by atoms with van der Waals surface area (Å²) in [7, 11) is 0. The van der Waals surface area contributed by atoms with E-state index in [2.05, 4.69) is 0 Å². The molecule has 1 aromatic rings. The third-order valence-electron chi connectivity index (χ3n) is 3.82. The van der Waals surface area contributed by atoms with Gasteiger partial charge in [-0.2, -0.15) is 0 Å². The quantitative estimate of drug-likeness (QED) is 0.831. The van der Waals surface area contributed by atoms with E-state index in [4.69, 9.17) is 4.74 Å². The second-order valence-corrected chi connectivity index (χ2v) is 5.12. The van der Waals surface area contributed by atoms with E-state index in [0.29, 0.717) is 19.4 Å². The number of likely N-dealkylation sites (tertiary alicyclic amines) is 1. The maximum absolute atomic E-state index is 12.8. The predicted molar refractivity (Wildman–Crippen MR) is 69.3 cm³/mol. The highest BCUT2D eigenvalue weighted by molar-refractivity contribution is 5.95. The lowest BCUT2D eigenvalue weighted by Gasteiger charge is -2.21. The van der Waals surface area contributed by atoms with Crippen LogP contribution in [0.25, 0.3) is 0 Å². The van der Waals surface area contributed by atoms with E-state index in [1.807, 2.05) is 0 Å². The minimum absolute atomic E-state index is 0.0176. The van der Waals surface area contributed by atoms with Crippen LogP contribution in [-0.4, -0.2) is 41.9 Å². The summed E-state index contributed by atoms with van der Waals surface area (Å²) in [6.07, 6.45) is 2.56. The number of fused-ring (bicyclic) bond motifs is 1. The summed E-state index contributed by atoms with van der Waals surface area (Å²) in [5, 5.41) is 0. The third-order valence-corrected chi connectivity index (χ3v) is 3.82. The Bertz CT molecular complexity index is 528. The summed E-state index contributed by atoms with van der Waals surface area (Å²) in [5.74, 6) is -0.465. The Morgan fingerprint density at radius 2 is 2.15 bits per heavy atom. The van der Waals surface area contributed by atoms with Gasteiger partial charge in [0.15, 0.2) is 5.78 Å². The van der Waals surface area contributed by atoms with Crippen LogP contribution in [0.5, 0.6) is 0 Å². The van der Waals surface area contributed by atoms with Gasteiger partial charge in [-0.3, -0.25) is 9.59 Å². The molecule has 105 valence electrons. The van der Waals surface area contributed by atoms with Crippen LogP contribution in [0.4, 0.5) is 4.39 Å². The lowest BCUT2D eigenvalue weighted by molar-refractivity contribution is -0.133. The van der Waals surface area contributed by atoms with E-state index < -0.39 is 6.04 Å². The summed E-state index contributed by atoms with van der Waals surface area (Å²) in [6, 6.07) is 5.62. The molecule has 0 saturated carbocycles. The van der Waals surface area contributed by atoms with E-state index in [-0.39, 0.29) is 30.2 Å². The molecule has 0 bridgehead atoms. The number of nitrogens with zero attached hydrogens (tertiary/aromatic N) is 1. The zero-order valence-corrected chi connectivity index (χ0v) is 10.9. The van der Waals surface area contributed by atoms with Crippen molar-refractivity contribution < 1.29 is 18.7 Å². The topological polar surface area (TPSA) is 46.6 Å². The molecule has 2 aliphatic heterocycles. The van der Waals surface area contributed by atoms with Crippen LogP contribution in [0.15, 0.2) is 24.3 Å². The highest BCUT2D eigenvalue weighted by Crippen LogP contribution is 2.27. The average molecular weight is 276 g/mol. The Hall–Kier alpha value is -1.75. The van der Waals surface area contributed by atoms with Gasteiger partial charge in [-0.05, 0) is 30.5 Å². The van der Waals surface area contributed by atoms with Crippen LogP contribution < -0.4 is 0 Å². The Balaban J connectivity index is 1.59. The first-order chi connectivity index (χ1) is 9.65. The van der Waals surface area contributed by atoms with E-state index in [9.17, 15) is 14.0 Å². The van der Waals surface area contributed by atoms with Crippen LogP contribution in [-0.2, 0) is 20.7 Å². The second-order valence-electron chi connectivity index (χ2n) is 5.12. The number of rotatable bonds is 3. The molecule has 1 amide bonds. The fourth-order valence-corrected chi connectivity index (χ4v) is 2.78. The summed E-state index contributed by atoms with van der Waals surface area (Å²) in [6.45, 7) is 0.664. The second kappa shape index (κ2) is 5.32. The molecule has 1 radical (unpaired) electrons. The van der Waals surface area contributed by atoms with Crippen molar-refractivity contribution in [3.05, 3.63) is 42.1 Å². The Labute approximate surface area is 116 Å². The fraction of sp³-hybridized carbons (Fsp3) is 0.400. The summed E-state index contributed by atoms with van der Waals surface area (Å²) in [5.41, 5.74) is 0.865. The molecular formula is C15H15FNO3. The smallest absolute Gasteiger partial charge is 0.227 e. The first-order valence-electron chi connectivity index (χ1n) is 6.68. The van der Waals surface area contributed by atoms with Gasteiger partial charge in [0.05, 0.1) is 12.5 Å². The summed E-state index contributed by atoms with van der Waals surface area (Å²) >= 11 is 0. The van der Waals surface area contributed by atoms with Crippen LogP contribution in [0.3, 0.4) is 0 Å². The molecule has 1 aromatic carbocycles. The number of carbonyl (C=O) groups is 2. The summed E-state index contributed by atoms with van der Waals surface area (Å²) in [4.78, 5) is 25.5. The zero-order valence-electron chi connectivity index (χ0n) is 10.9. The number of hydrogen-bond acceptors (Lipinski definition) is 3. The first kappa shape index (κ1) is 13.2. The monoisotopic (exact) mass is 276 g/mol. The van der Waals surface area contributed by atoms with Gasteiger partial charge in [0.2, 0.25) is 5.91 Å². The molecular weight excluding hydrogens is 261 g/mol. The lowest BCUT2D eigenvalue weighted by atomic mass is 10.1. The predicted octanol–water partition coefficient (Wildman–Crippen LogP) is 1.14. The van der Waals surface area contributed by atoms with E-state index in [1.165, 1.54) is 12.1 Å². The lowest BCUT2D eigenvalue weighted by Crippen LogP contribution is -2.42. The van der Waals surface area contributed by atoms with Gasteiger partial charge in [0.1, 0.15) is 18.5 Å². The number of hydrogen-bond donors (Lipinski definition) is 0. The largest absolute Gasteiger partial charge is 0.368 e. The molecule has 0 aliphatic carbocycles. The zero-order chi connectivity index (χ0) is 14.1. The molecule has 2 unspecified atom stereocenters. The molecule has 3 rings (SSSR count). The molecule has 2 saturated heterocycles. The molecule has 2 fully saturated rings. The van der Waals surface area contributed by atoms with Crippen molar-refractivity contribution in [3.63, 3.8) is 0 Å². The number of halogens is 1.